The van der Waals surface area contributed by atoms with Gasteiger partial charge in [0.1, 0.15) is 0 Å². The van der Waals surface area contributed by atoms with Gasteiger partial charge in [0, 0.05) is 24.5 Å². The Balaban J connectivity index is 1.60. The Labute approximate surface area is 126 Å². The van der Waals surface area contributed by atoms with Gasteiger partial charge in [-0.1, -0.05) is 22.4 Å². The van der Waals surface area contributed by atoms with E-state index in [2.05, 4.69) is 32.8 Å². The predicted octanol–water partition coefficient (Wildman–Crippen LogP) is 2.74. The number of hydrogen-bond donors (Lipinski definition) is 0. The minimum Gasteiger partial charge on any atom is -0.377 e. The summed E-state index contributed by atoms with van der Waals surface area (Å²) in [4.78, 5) is 5.20. The van der Waals surface area contributed by atoms with E-state index in [9.17, 15) is 0 Å². The van der Waals surface area contributed by atoms with Gasteiger partial charge in [0.15, 0.2) is 0 Å². The van der Waals surface area contributed by atoms with Gasteiger partial charge in [0.05, 0.1) is 12.7 Å². The first-order valence-electron chi connectivity index (χ1n) is 7.89. The highest BCUT2D eigenvalue weighted by Crippen LogP contribution is 2.20. The first kappa shape index (κ1) is 15.7. The summed E-state index contributed by atoms with van der Waals surface area (Å²) in [5, 5.41) is 0.960. The van der Waals surface area contributed by atoms with Crippen LogP contribution in [0, 0.1) is 0 Å². The summed E-state index contributed by atoms with van der Waals surface area (Å²) in [6.45, 7) is 5.89. The number of likely N-dealkylation sites (tertiary alicyclic amines) is 2. The second-order valence-electron chi connectivity index (χ2n) is 6.02. The van der Waals surface area contributed by atoms with Crippen LogP contribution in [0.2, 0.25) is 0 Å². The Bertz CT molecular complexity index is 244. The second kappa shape index (κ2) is 8.60. The maximum absolute atomic E-state index is 5.81. The molecule has 2 fully saturated rings. The molecule has 0 bridgehead atoms. The van der Waals surface area contributed by atoms with Gasteiger partial charge in [0.2, 0.25) is 0 Å². The van der Waals surface area contributed by atoms with Gasteiger partial charge in [-0.05, 0) is 52.2 Å². The van der Waals surface area contributed by atoms with Gasteiger partial charge in [0.25, 0.3) is 0 Å². The van der Waals surface area contributed by atoms with Gasteiger partial charge in [-0.3, -0.25) is 0 Å². The highest BCUT2D eigenvalue weighted by Gasteiger charge is 2.22. The molecular formula is C15H29BrN2O. The number of ether oxygens (including phenoxy) is 1. The Morgan fingerprint density at radius 2 is 1.89 bits per heavy atom. The maximum atomic E-state index is 5.81. The molecule has 0 radical (unpaired) electrons. The Morgan fingerprint density at radius 1 is 1.11 bits per heavy atom. The molecule has 1 atom stereocenters. The van der Waals surface area contributed by atoms with Crippen molar-refractivity contribution in [2.75, 3.05) is 45.2 Å². The van der Waals surface area contributed by atoms with Crippen LogP contribution in [0.25, 0.3) is 0 Å². The van der Waals surface area contributed by atoms with Gasteiger partial charge in [-0.25, -0.2) is 0 Å². The lowest BCUT2D eigenvalue weighted by molar-refractivity contribution is 0.0137. The van der Waals surface area contributed by atoms with Crippen LogP contribution in [0.15, 0.2) is 0 Å². The summed E-state index contributed by atoms with van der Waals surface area (Å²) in [5.74, 6) is 0. The quantitative estimate of drug-likeness (QED) is 0.695. The van der Waals surface area contributed by atoms with Crippen molar-refractivity contribution in [1.82, 2.24) is 9.80 Å². The largest absolute Gasteiger partial charge is 0.377 e. The zero-order valence-electron chi connectivity index (χ0n) is 12.3. The van der Waals surface area contributed by atoms with Gasteiger partial charge in [-0.2, -0.15) is 0 Å². The molecule has 0 spiro atoms. The molecule has 0 N–H and O–H groups in total. The van der Waals surface area contributed by atoms with E-state index in [1.807, 2.05) is 0 Å². The van der Waals surface area contributed by atoms with Crippen molar-refractivity contribution in [3.63, 3.8) is 0 Å². The SMILES string of the molecule is CN1CCCCC1CCN1CCC(OCCBr)CC1. The lowest BCUT2D eigenvalue weighted by Gasteiger charge is -2.36. The third kappa shape index (κ3) is 5.33. The molecule has 4 heteroatoms. The van der Waals surface area contributed by atoms with Crippen LogP contribution in [-0.2, 0) is 4.74 Å². The number of rotatable bonds is 6. The van der Waals surface area contributed by atoms with E-state index in [-0.39, 0.29) is 0 Å². The van der Waals surface area contributed by atoms with Crippen LogP contribution >= 0.6 is 15.9 Å². The van der Waals surface area contributed by atoms with Crippen LogP contribution < -0.4 is 0 Å². The average molecular weight is 333 g/mol. The molecule has 2 aliphatic heterocycles. The highest BCUT2D eigenvalue weighted by atomic mass is 79.9. The third-order valence-electron chi connectivity index (χ3n) is 4.67. The van der Waals surface area contributed by atoms with Gasteiger partial charge < -0.3 is 14.5 Å². The highest BCUT2D eigenvalue weighted by molar-refractivity contribution is 9.09. The van der Waals surface area contributed by atoms with E-state index in [0.717, 1.165) is 18.0 Å². The topological polar surface area (TPSA) is 15.7 Å². The molecule has 1 unspecified atom stereocenters. The fourth-order valence-corrected chi connectivity index (χ4v) is 3.54. The molecule has 112 valence electrons. The smallest absolute Gasteiger partial charge is 0.0599 e. The Morgan fingerprint density at radius 3 is 2.58 bits per heavy atom. The lowest BCUT2D eigenvalue weighted by Crippen LogP contribution is -2.42. The number of hydrogen-bond acceptors (Lipinski definition) is 3. The maximum Gasteiger partial charge on any atom is 0.0599 e. The van der Waals surface area contributed by atoms with Gasteiger partial charge in [-0.15, -0.1) is 0 Å². The van der Waals surface area contributed by atoms with Crippen LogP contribution in [0.1, 0.15) is 38.5 Å². The molecule has 2 saturated heterocycles. The molecule has 3 nitrogen and oxygen atoms in total. The third-order valence-corrected chi connectivity index (χ3v) is 4.99. The number of alkyl halides is 1. The summed E-state index contributed by atoms with van der Waals surface area (Å²) >= 11 is 3.42. The van der Waals surface area contributed by atoms with Crippen LogP contribution in [0.4, 0.5) is 0 Å². The Hall–Kier alpha value is 0.360. The summed E-state index contributed by atoms with van der Waals surface area (Å²) in [6.07, 6.45) is 8.51. The predicted molar refractivity (Wildman–Crippen MR) is 84.1 cm³/mol. The normalized spacial score (nSPS) is 27.8. The van der Waals surface area contributed by atoms with Crippen molar-refractivity contribution in [2.24, 2.45) is 0 Å². The van der Waals surface area contributed by atoms with E-state index < -0.39 is 0 Å². The number of piperidine rings is 2. The molecule has 19 heavy (non-hydrogen) atoms. The average Bonchev–Trinajstić information content (AvgIpc) is 2.45. The fourth-order valence-electron chi connectivity index (χ4n) is 3.35. The number of halogens is 1. The molecule has 2 aliphatic rings. The molecule has 0 aliphatic carbocycles. The summed E-state index contributed by atoms with van der Waals surface area (Å²) in [5.41, 5.74) is 0. The van der Waals surface area contributed by atoms with Crippen molar-refractivity contribution >= 4 is 15.9 Å². The van der Waals surface area contributed by atoms with E-state index in [1.54, 1.807) is 0 Å². The van der Waals surface area contributed by atoms with Gasteiger partial charge >= 0.3 is 0 Å². The molecular weight excluding hydrogens is 304 g/mol. The first-order chi connectivity index (χ1) is 9.29. The van der Waals surface area contributed by atoms with Crippen molar-refractivity contribution in [2.45, 2.75) is 50.7 Å². The van der Waals surface area contributed by atoms with Crippen LogP contribution in [-0.4, -0.2) is 67.1 Å². The molecule has 0 saturated carbocycles. The van der Waals surface area contributed by atoms with E-state index in [0.29, 0.717) is 6.10 Å². The minimum atomic E-state index is 0.506. The van der Waals surface area contributed by atoms with E-state index in [4.69, 9.17) is 4.74 Å². The van der Waals surface area contributed by atoms with Crippen molar-refractivity contribution in [3.8, 4) is 0 Å². The minimum absolute atomic E-state index is 0.506. The molecule has 0 aromatic heterocycles. The fraction of sp³-hybridized carbons (Fsp3) is 1.00. The monoisotopic (exact) mass is 332 g/mol. The standard InChI is InChI=1S/C15H29BrN2O/c1-17-9-3-2-4-14(17)5-10-18-11-6-15(7-12-18)19-13-8-16/h14-15H,2-13H2,1H3. The van der Waals surface area contributed by atoms with Crippen LogP contribution in [0.5, 0.6) is 0 Å². The summed E-state index contributed by atoms with van der Waals surface area (Å²) in [7, 11) is 2.30. The zero-order valence-corrected chi connectivity index (χ0v) is 13.9. The molecule has 2 heterocycles. The Kier molecular flexibility index (Phi) is 7.13. The molecule has 0 amide bonds. The van der Waals surface area contributed by atoms with Crippen molar-refractivity contribution in [3.05, 3.63) is 0 Å². The zero-order chi connectivity index (χ0) is 13.5. The van der Waals surface area contributed by atoms with Crippen molar-refractivity contribution < 1.29 is 4.74 Å². The molecule has 0 aromatic carbocycles. The number of nitrogens with zero attached hydrogens (tertiary/aromatic N) is 2. The first-order valence-corrected chi connectivity index (χ1v) is 9.02. The molecule has 0 aromatic rings. The second-order valence-corrected chi connectivity index (χ2v) is 6.81. The van der Waals surface area contributed by atoms with E-state index >= 15 is 0 Å². The van der Waals surface area contributed by atoms with E-state index in [1.165, 1.54) is 64.7 Å². The summed E-state index contributed by atoms with van der Waals surface area (Å²) in [6, 6.07) is 0.830. The molecule has 2 rings (SSSR count). The summed E-state index contributed by atoms with van der Waals surface area (Å²) < 4.78 is 5.81. The van der Waals surface area contributed by atoms with Crippen molar-refractivity contribution in [1.29, 1.82) is 0 Å². The van der Waals surface area contributed by atoms with Crippen LogP contribution in [0.3, 0.4) is 0 Å². The lowest BCUT2D eigenvalue weighted by atomic mass is 9.99.